The second-order valence-corrected chi connectivity index (χ2v) is 10.4. The molecule has 2 aromatic rings. The number of rotatable bonds is 7. The highest BCUT2D eigenvalue weighted by molar-refractivity contribution is 6.30. The van der Waals surface area contributed by atoms with Gasteiger partial charge in [-0.3, -0.25) is 9.59 Å². The topological polar surface area (TPSA) is 67.2 Å². The lowest BCUT2D eigenvalue weighted by Gasteiger charge is -2.29. The maximum Gasteiger partial charge on any atom is 0.245 e. The quantitative estimate of drug-likeness (QED) is 0.616. The molecule has 0 unspecified atom stereocenters. The summed E-state index contributed by atoms with van der Waals surface area (Å²) in [7, 11) is 0. The lowest BCUT2D eigenvalue weighted by molar-refractivity contribution is -0.141. The largest absolute Gasteiger partial charge is 0.333 e. The van der Waals surface area contributed by atoms with Crippen molar-refractivity contribution in [3.05, 3.63) is 41.0 Å². The van der Waals surface area contributed by atoms with Crippen LogP contribution in [-0.4, -0.2) is 39.6 Å². The van der Waals surface area contributed by atoms with E-state index in [0.29, 0.717) is 17.4 Å². The van der Waals surface area contributed by atoms with Crippen molar-refractivity contribution >= 4 is 29.2 Å². The van der Waals surface area contributed by atoms with Gasteiger partial charge in [-0.2, -0.15) is 5.10 Å². The highest BCUT2D eigenvalue weighted by Crippen LogP contribution is 2.27. The number of aromatic nitrogens is 2. The molecule has 31 heavy (non-hydrogen) atoms. The molecule has 1 aromatic carbocycles. The molecule has 0 spiro atoms. The Bertz CT molecular complexity index is 905. The van der Waals surface area contributed by atoms with Gasteiger partial charge in [0.15, 0.2) is 0 Å². The number of anilines is 1. The van der Waals surface area contributed by atoms with Crippen LogP contribution in [0.4, 0.5) is 5.82 Å². The Hall–Kier alpha value is -2.34. The van der Waals surface area contributed by atoms with Crippen LogP contribution in [0.1, 0.15) is 67.0 Å². The number of nitrogens with one attached hydrogen (secondary N) is 1. The summed E-state index contributed by atoms with van der Waals surface area (Å²) >= 11 is 6.03. The summed E-state index contributed by atoms with van der Waals surface area (Å²) < 4.78 is 1.71. The van der Waals surface area contributed by atoms with Gasteiger partial charge in [0.2, 0.25) is 11.8 Å². The van der Waals surface area contributed by atoms with E-state index in [1.54, 1.807) is 21.7 Å². The molecule has 2 amide bonds. The molecule has 0 aliphatic carbocycles. The van der Waals surface area contributed by atoms with Crippen molar-refractivity contribution in [2.45, 2.75) is 66.7 Å². The molecular weight excluding hydrogens is 412 g/mol. The Kier molecular flexibility index (Phi) is 7.93. The zero-order chi connectivity index (χ0) is 23.4. The molecule has 0 aliphatic heterocycles. The standard InChI is InChI=1S/C24H35ClN4O2/c1-8-9-14-28(22(31)24(5,6)7)16-21(30)26-20-15-19(23(2,3)4)27-29(20)18-12-10-17(25)11-13-18/h10-13,15H,8-9,14,16H2,1-7H3,(H,26,30). The minimum atomic E-state index is -0.543. The summed E-state index contributed by atoms with van der Waals surface area (Å²) in [5.74, 6) is 0.290. The maximum atomic E-state index is 12.9. The van der Waals surface area contributed by atoms with E-state index in [4.69, 9.17) is 16.7 Å². The molecular formula is C24H35ClN4O2. The second-order valence-electron chi connectivity index (χ2n) is 9.93. The fourth-order valence-electron chi connectivity index (χ4n) is 3.05. The Labute approximate surface area is 191 Å². The van der Waals surface area contributed by atoms with Gasteiger partial charge in [0.05, 0.1) is 17.9 Å². The summed E-state index contributed by atoms with van der Waals surface area (Å²) in [6, 6.07) is 9.17. The Morgan fingerprint density at radius 1 is 1.10 bits per heavy atom. The SMILES string of the molecule is CCCCN(CC(=O)Nc1cc(C(C)(C)C)nn1-c1ccc(Cl)cc1)C(=O)C(C)(C)C. The number of benzene rings is 1. The first-order valence-corrected chi connectivity index (χ1v) is 11.2. The van der Waals surface area contributed by atoms with Gasteiger partial charge in [0, 0.05) is 28.5 Å². The predicted molar refractivity (Wildman–Crippen MR) is 127 cm³/mol. The second kappa shape index (κ2) is 9.86. The molecule has 1 N–H and O–H groups in total. The molecule has 1 heterocycles. The molecule has 0 aliphatic rings. The maximum absolute atomic E-state index is 12.9. The molecule has 0 saturated heterocycles. The average Bonchev–Trinajstić information content (AvgIpc) is 3.08. The number of carbonyl (C=O) groups is 2. The summed E-state index contributed by atoms with van der Waals surface area (Å²) in [6.07, 6.45) is 1.81. The Morgan fingerprint density at radius 3 is 2.23 bits per heavy atom. The van der Waals surface area contributed by atoms with Crippen molar-refractivity contribution in [1.29, 1.82) is 0 Å². The van der Waals surface area contributed by atoms with Gasteiger partial charge in [-0.1, -0.05) is 66.5 Å². The van der Waals surface area contributed by atoms with E-state index in [-0.39, 0.29) is 23.8 Å². The van der Waals surface area contributed by atoms with Crippen LogP contribution in [0.15, 0.2) is 30.3 Å². The number of amides is 2. The lowest BCUT2D eigenvalue weighted by atomic mass is 9.92. The monoisotopic (exact) mass is 446 g/mol. The van der Waals surface area contributed by atoms with Gasteiger partial charge in [-0.25, -0.2) is 4.68 Å². The third kappa shape index (κ3) is 6.82. The van der Waals surface area contributed by atoms with Crippen LogP contribution in [0, 0.1) is 5.41 Å². The van der Waals surface area contributed by atoms with Crippen LogP contribution in [0.2, 0.25) is 5.02 Å². The zero-order valence-electron chi connectivity index (χ0n) is 19.8. The van der Waals surface area contributed by atoms with Gasteiger partial charge >= 0.3 is 0 Å². The highest BCUT2D eigenvalue weighted by atomic mass is 35.5. The minimum Gasteiger partial charge on any atom is -0.333 e. The van der Waals surface area contributed by atoms with Crippen molar-refractivity contribution in [2.75, 3.05) is 18.4 Å². The van der Waals surface area contributed by atoms with Crippen LogP contribution < -0.4 is 5.32 Å². The number of nitrogens with zero attached hydrogens (tertiary/aromatic N) is 3. The van der Waals surface area contributed by atoms with Crippen molar-refractivity contribution in [1.82, 2.24) is 14.7 Å². The minimum absolute atomic E-state index is 0.00670. The van der Waals surface area contributed by atoms with E-state index in [9.17, 15) is 9.59 Å². The molecule has 1 aromatic heterocycles. The van der Waals surface area contributed by atoms with E-state index in [1.165, 1.54) is 0 Å². The predicted octanol–water partition coefficient (Wildman–Crippen LogP) is 5.44. The van der Waals surface area contributed by atoms with Crippen LogP contribution in [-0.2, 0) is 15.0 Å². The molecule has 0 radical (unpaired) electrons. The highest BCUT2D eigenvalue weighted by Gasteiger charge is 2.29. The summed E-state index contributed by atoms with van der Waals surface area (Å²) in [5.41, 5.74) is 0.917. The normalized spacial score (nSPS) is 12.0. The number of unbranched alkanes of at least 4 members (excludes halogenated alkanes) is 1. The molecule has 7 heteroatoms. The fraction of sp³-hybridized carbons (Fsp3) is 0.542. The van der Waals surface area contributed by atoms with Crippen molar-refractivity contribution < 1.29 is 9.59 Å². The van der Waals surface area contributed by atoms with Gasteiger partial charge in [0.1, 0.15) is 5.82 Å². The summed E-state index contributed by atoms with van der Waals surface area (Å²) in [6.45, 7) is 14.5. The van der Waals surface area contributed by atoms with E-state index < -0.39 is 5.41 Å². The Balaban J connectivity index is 2.30. The van der Waals surface area contributed by atoms with E-state index in [1.807, 2.05) is 39.0 Å². The van der Waals surface area contributed by atoms with Gasteiger partial charge < -0.3 is 10.2 Å². The molecule has 0 atom stereocenters. The third-order valence-corrected chi connectivity index (χ3v) is 5.11. The molecule has 0 fully saturated rings. The van der Waals surface area contributed by atoms with E-state index in [2.05, 4.69) is 33.0 Å². The van der Waals surface area contributed by atoms with Crippen molar-refractivity contribution in [2.24, 2.45) is 5.41 Å². The van der Waals surface area contributed by atoms with Crippen LogP contribution >= 0.6 is 11.6 Å². The van der Waals surface area contributed by atoms with E-state index in [0.717, 1.165) is 24.2 Å². The van der Waals surface area contributed by atoms with Crippen molar-refractivity contribution in [3.8, 4) is 5.69 Å². The molecule has 0 bridgehead atoms. The van der Waals surface area contributed by atoms with E-state index >= 15 is 0 Å². The number of carbonyl (C=O) groups excluding carboxylic acids is 2. The molecule has 2 rings (SSSR count). The number of hydrogen-bond acceptors (Lipinski definition) is 3. The van der Waals surface area contributed by atoms with Crippen LogP contribution in [0.5, 0.6) is 0 Å². The molecule has 170 valence electrons. The van der Waals surface area contributed by atoms with Crippen molar-refractivity contribution in [3.63, 3.8) is 0 Å². The fourth-order valence-corrected chi connectivity index (χ4v) is 3.17. The third-order valence-electron chi connectivity index (χ3n) is 4.86. The first kappa shape index (κ1) is 24.9. The van der Waals surface area contributed by atoms with Gasteiger partial charge in [-0.05, 0) is 30.7 Å². The Morgan fingerprint density at radius 2 is 1.71 bits per heavy atom. The first-order chi connectivity index (χ1) is 14.3. The average molecular weight is 447 g/mol. The summed E-state index contributed by atoms with van der Waals surface area (Å²) in [4.78, 5) is 27.4. The summed E-state index contributed by atoms with van der Waals surface area (Å²) in [5, 5.41) is 8.31. The van der Waals surface area contributed by atoms with Crippen LogP contribution in [0.3, 0.4) is 0 Å². The van der Waals surface area contributed by atoms with Gasteiger partial charge in [-0.15, -0.1) is 0 Å². The zero-order valence-corrected chi connectivity index (χ0v) is 20.5. The first-order valence-electron chi connectivity index (χ1n) is 10.8. The molecule has 6 nitrogen and oxygen atoms in total. The number of halogens is 1. The lowest BCUT2D eigenvalue weighted by Crippen LogP contribution is -2.44. The molecule has 0 saturated carbocycles. The van der Waals surface area contributed by atoms with Gasteiger partial charge in [0.25, 0.3) is 0 Å². The number of hydrogen-bond donors (Lipinski definition) is 1. The van der Waals surface area contributed by atoms with Crippen LogP contribution in [0.25, 0.3) is 5.69 Å². The smallest absolute Gasteiger partial charge is 0.245 e.